The van der Waals surface area contributed by atoms with Crippen LogP contribution in [-0.4, -0.2) is 55.9 Å². The second-order valence-electron chi connectivity index (χ2n) is 5.36. The zero-order chi connectivity index (χ0) is 16.8. The highest BCUT2D eigenvalue weighted by Crippen LogP contribution is 2.23. The summed E-state index contributed by atoms with van der Waals surface area (Å²) in [4.78, 5) is 25.7. The fourth-order valence-corrected chi connectivity index (χ4v) is 2.73. The molecule has 1 aliphatic heterocycles. The van der Waals surface area contributed by atoms with Crippen molar-refractivity contribution in [1.82, 2.24) is 10.2 Å². The molecule has 23 heavy (non-hydrogen) atoms. The number of nitrogens with one attached hydrogen (secondary N) is 1. The molecule has 2 amide bonds. The highest BCUT2D eigenvalue weighted by atomic mass is 35.5. The van der Waals surface area contributed by atoms with Crippen LogP contribution in [0.2, 0.25) is 0 Å². The number of amides is 2. The molecule has 126 valence electrons. The quantitative estimate of drug-likeness (QED) is 0.828. The van der Waals surface area contributed by atoms with E-state index in [4.69, 9.17) is 21.1 Å². The Kier molecular flexibility index (Phi) is 6.10. The Hall–Kier alpha value is -1.95. The number of likely N-dealkylation sites (tertiary alicyclic amines) is 1. The van der Waals surface area contributed by atoms with Crippen LogP contribution in [0.1, 0.15) is 23.2 Å². The van der Waals surface area contributed by atoms with Gasteiger partial charge in [0.05, 0.1) is 14.2 Å². The molecule has 0 atom stereocenters. The molecule has 1 heterocycles. The summed E-state index contributed by atoms with van der Waals surface area (Å²) in [5, 5.41) is 2.99. The lowest BCUT2D eigenvalue weighted by molar-refractivity contribution is -0.129. The minimum atomic E-state index is -0.177. The number of rotatable bonds is 5. The lowest BCUT2D eigenvalue weighted by Gasteiger charge is -2.32. The molecule has 0 radical (unpaired) electrons. The van der Waals surface area contributed by atoms with Crippen LogP contribution in [0.4, 0.5) is 0 Å². The summed E-state index contributed by atoms with van der Waals surface area (Å²) in [6.07, 6.45) is 1.44. The van der Waals surface area contributed by atoms with Gasteiger partial charge in [-0.05, 0) is 25.0 Å². The number of benzene rings is 1. The molecular weight excluding hydrogens is 320 g/mol. The molecule has 7 heteroatoms. The van der Waals surface area contributed by atoms with Gasteiger partial charge in [0, 0.05) is 30.8 Å². The maximum atomic E-state index is 12.4. The van der Waals surface area contributed by atoms with Crippen LogP contribution >= 0.6 is 11.6 Å². The van der Waals surface area contributed by atoms with E-state index >= 15 is 0 Å². The fraction of sp³-hybridized carbons (Fsp3) is 0.500. The molecule has 1 N–H and O–H groups in total. The standard InChI is InChI=1S/C16H21ClN2O4/c1-22-13-7-11(8-14(9-13)23-2)16(21)18-12-3-5-19(6-4-12)15(20)10-17/h7-9,12H,3-6,10H2,1-2H3,(H,18,21). The van der Waals surface area contributed by atoms with Crippen molar-refractivity contribution in [2.24, 2.45) is 0 Å². The molecule has 1 saturated heterocycles. The van der Waals surface area contributed by atoms with Crippen LogP contribution in [0.25, 0.3) is 0 Å². The summed E-state index contributed by atoms with van der Waals surface area (Å²) < 4.78 is 10.3. The summed E-state index contributed by atoms with van der Waals surface area (Å²) in [5.74, 6) is 0.896. The Balaban J connectivity index is 1.96. The number of carbonyl (C=O) groups excluding carboxylic acids is 2. The van der Waals surface area contributed by atoms with Crippen molar-refractivity contribution in [2.75, 3.05) is 33.2 Å². The number of ether oxygens (including phenoxy) is 2. The van der Waals surface area contributed by atoms with Crippen LogP contribution in [0.5, 0.6) is 11.5 Å². The summed E-state index contributed by atoms with van der Waals surface area (Å²) >= 11 is 5.56. The first-order chi connectivity index (χ1) is 11.1. The predicted molar refractivity (Wildman–Crippen MR) is 87.3 cm³/mol. The smallest absolute Gasteiger partial charge is 0.251 e. The summed E-state index contributed by atoms with van der Waals surface area (Å²) in [7, 11) is 3.08. The largest absolute Gasteiger partial charge is 0.497 e. The number of halogens is 1. The Morgan fingerprint density at radius 3 is 2.22 bits per heavy atom. The van der Waals surface area contributed by atoms with E-state index in [-0.39, 0.29) is 23.7 Å². The molecule has 0 aromatic heterocycles. The van der Waals surface area contributed by atoms with Crippen molar-refractivity contribution >= 4 is 23.4 Å². The number of hydrogen-bond acceptors (Lipinski definition) is 4. The molecular formula is C16H21ClN2O4. The van der Waals surface area contributed by atoms with E-state index in [1.54, 1.807) is 37.3 Å². The first kappa shape index (κ1) is 17.4. The lowest BCUT2D eigenvalue weighted by Crippen LogP contribution is -2.46. The maximum absolute atomic E-state index is 12.4. The van der Waals surface area contributed by atoms with Gasteiger partial charge in [-0.2, -0.15) is 0 Å². The van der Waals surface area contributed by atoms with E-state index in [1.165, 1.54) is 0 Å². The highest BCUT2D eigenvalue weighted by molar-refractivity contribution is 6.27. The zero-order valence-corrected chi connectivity index (χ0v) is 14.1. The van der Waals surface area contributed by atoms with Gasteiger partial charge in [-0.1, -0.05) is 0 Å². The van der Waals surface area contributed by atoms with E-state index in [0.29, 0.717) is 30.2 Å². The third-order valence-electron chi connectivity index (χ3n) is 3.91. The van der Waals surface area contributed by atoms with Crippen LogP contribution in [0.15, 0.2) is 18.2 Å². The topological polar surface area (TPSA) is 67.9 Å². The summed E-state index contributed by atoms with van der Waals surface area (Å²) in [6, 6.07) is 5.10. The number of nitrogens with zero attached hydrogens (tertiary/aromatic N) is 1. The third-order valence-corrected chi connectivity index (χ3v) is 4.14. The first-order valence-corrected chi connectivity index (χ1v) is 7.98. The Bertz CT molecular complexity index is 549. The first-order valence-electron chi connectivity index (χ1n) is 7.45. The van der Waals surface area contributed by atoms with Crippen molar-refractivity contribution in [1.29, 1.82) is 0 Å². The molecule has 0 bridgehead atoms. The molecule has 0 saturated carbocycles. The van der Waals surface area contributed by atoms with Gasteiger partial charge in [0.15, 0.2) is 0 Å². The van der Waals surface area contributed by atoms with Crippen molar-refractivity contribution < 1.29 is 19.1 Å². The minimum Gasteiger partial charge on any atom is -0.497 e. The molecule has 1 fully saturated rings. The Morgan fingerprint density at radius 2 is 1.74 bits per heavy atom. The van der Waals surface area contributed by atoms with Gasteiger partial charge < -0.3 is 19.7 Å². The SMILES string of the molecule is COc1cc(OC)cc(C(=O)NC2CCN(C(=O)CCl)CC2)c1. The number of alkyl halides is 1. The van der Waals surface area contributed by atoms with Crippen molar-refractivity contribution in [3.05, 3.63) is 23.8 Å². The summed E-state index contributed by atoms with van der Waals surface area (Å²) in [6.45, 7) is 1.22. The Morgan fingerprint density at radius 1 is 1.17 bits per heavy atom. The van der Waals surface area contributed by atoms with Crippen molar-refractivity contribution in [3.63, 3.8) is 0 Å². The molecule has 0 spiro atoms. The Labute approximate surface area is 140 Å². The van der Waals surface area contributed by atoms with Gasteiger partial charge in [-0.25, -0.2) is 0 Å². The minimum absolute atomic E-state index is 0.000625. The van der Waals surface area contributed by atoms with E-state index < -0.39 is 0 Å². The van der Waals surface area contributed by atoms with Gasteiger partial charge in [0.25, 0.3) is 5.91 Å². The number of piperidine rings is 1. The van der Waals surface area contributed by atoms with Gasteiger partial charge in [-0.15, -0.1) is 11.6 Å². The van der Waals surface area contributed by atoms with Gasteiger partial charge in [0.1, 0.15) is 17.4 Å². The second kappa shape index (κ2) is 8.06. The van der Waals surface area contributed by atoms with Crippen molar-refractivity contribution in [3.8, 4) is 11.5 Å². The number of hydrogen-bond donors (Lipinski definition) is 1. The average Bonchev–Trinajstić information content (AvgIpc) is 2.61. The molecule has 1 aliphatic rings. The third kappa shape index (κ3) is 4.51. The lowest BCUT2D eigenvalue weighted by atomic mass is 10.0. The van der Waals surface area contributed by atoms with Crippen LogP contribution in [0.3, 0.4) is 0 Å². The van der Waals surface area contributed by atoms with Crippen LogP contribution in [0, 0.1) is 0 Å². The molecule has 1 aromatic carbocycles. The van der Waals surface area contributed by atoms with Crippen LogP contribution in [-0.2, 0) is 4.79 Å². The van der Waals surface area contributed by atoms with Gasteiger partial charge >= 0.3 is 0 Å². The number of methoxy groups -OCH3 is 2. The van der Waals surface area contributed by atoms with Gasteiger partial charge in [-0.3, -0.25) is 9.59 Å². The maximum Gasteiger partial charge on any atom is 0.251 e. The zero-order valence-electron chi connectivity index (χ0n) is 13.3. The second-order valence-corrected chi connectivity index (χ2v) is 5.63. The highest BCUT2D eigenvalue weighted by Gasteiger charge is 2.23. The van der Waals surface area contributed by atoms with E-state index in [0.717, 1.165) is 12.8 Å². The van der Waals surface area contributed by atoms with Crippen LogP contribution < -0.4 is 14.8 Å². The molecule has 2 rings (SSSR count). The molecule has 1 aromatic rings. The van der Waals surface area contributed by atoms with E-state index in [1.807, 2.05) is 0 Å². The normalized spacial score (nSPS) is 15.2. The van der Waals surface area contributed by atoms with E-state index in [2.05, 4.69) is 5.32 Å². The van der Waals surface area contributed by atoms with E-state index in [9.17, 15) is 9.59 Å². The predicted octanol–water partition coefficient (Wildman–Crippen LogP) is 1.66. The summed E-state index contributed by atoms with van der Waals surface area (Å²) in [5.41, 5.74) is 0.487. The fourth-order valence-electron chi connectivity index (χ4n) is 2.57. The van der Waals surface area contributed by atoms with Gasteiger partial charge in [0.2, 0.25) is 5.91 Å². The van der Waals surface area contributed by atoms with Crippen molar-refractivity contribution in [2.45, 2.75) is 18.9 Å². The molecule has 0 aliphatic carbocycles. The molecule has 0 unspecified atom stereocenters. The average molecular weight is 341 g/mol. The monoisotopic (exact) mass is 340 g/mol. The number of carbonyl (C=O) groups is 2. The molecule has 6 nitrogen and oxygen atoms in total.